The van der Waals surface area contributed by atoms with Gasteiger partial charge in [-0.05, 0) is 6.07 Å². The van der Waals surface area contributed by atoms with E-state index < -0.39 is 0 Å². The Labute approximate surface area is 142 Å². The van der Waals surface area contributed by atoms with Crippen LogP contribution in [0, 0.1) is 0 Å². The second-order valence-electron chi connectivity index (χ2n) is 5.39. The van der Waals surface area contributed by atoms with Crippen molar-refractivity contribution in [1.82, 2.24) is 29.8 Å². The Morgan fingerprint density at radius 1 is 1.38 bits per heavy atom. The number of aliphatic hydroxyl groups is 1. The van der Waals surface area contributed by atoms with Crippen LogP contribution in [0.15, 0.2) is 18.5 Å². The van der Waals surface area contributed by atoms with Gasteiger partial charge in [0.1, 0.15) is 6.54 Å². The molecule has 9 nitrogen and oxygen atoms in total. The predicted octanol–water partition coefficient (Wildman–Crippen LogP) is -0.503. The molecule has 0 atom stereocenters. The molecule has 1 aliphatic heterocycles. The predicted molar refractivity (Wildman–Crippen MR) is 84.3 cm³/mol. The lowest BCUT2D eigenvalue weighted by Crippen LogP contribution is -2.40. The van der Waals surface area contributed by atoms with Crippen molar-refractivity contribution in [3.8, 4) is 0 Å². The number of amides is 2. The highest BCUT2D eigenvalue weighted by molar-refractivity contribution is 6.30. The lowest BCUT2D eigenvalue weighted by molar-refractivity contribution is -0.133. The molecule has 0 saturated heterocycles. The van der Waals surface area contributed by atoms with E-state index in [0.29, 0.717) is 24.7 Å². The van der Waals surface area contributed by atoms with Crippen LogP contribution in [0.25, 0.3) is 0 Å². The number of nitrogens with zero attached hydrogens (tertiary/aromatic N) is 5. The minimum Gasteiger partial charge on any atom is -0.395 e. The molecule has 10 heteroatoms. The van der Waals surface area contributed by atoms with E-state index in [1.54, 1.807) is 21.8 Å². The molecule has 0 aromatic carbocycles. The Morgan fingerprint density at radius 2 is 2.21 bits per heavy atom. The molecule has 2 amide bonds. The summed E-state index contributed by atoms with van der Waals surface area (Å²) in [6, 6.07) is 1.66. The Morgan fingerprint density at radius 3 is 2.92 bits per heavy atom. The summed E-state index contributed by atoms with van der Waals surface area (Å²) in [5.41, 5.74) is 1.08. The molecule has 2 aromatic rings. The van der Waals surface area contributed by atoms with Crippen molar-refractivity contribution in [3.63, 3.8) is 0 Å². The summed E-state index contributed by atoms with van der Waals surface area (Å²) in [6.45, 7) is 1.59. The Kier molecular flexibility index (Phi) is 4.81. The Bertz CT molecular complexity index is 756. The van der Waals surface area contributed by atoms with Gasteiger partial charge in [-0.1, -0.05) is 11.6 Å². The summed E-state index contributed by atoms with van der Waals surface area (Å²) in [6.07, 6.45) is 3.08. The standard InChI is InChI=1S/C14H17ClN6O3/c15-10-6-17-20(7-10)9-13(23)19-2-3-21-11(8-19)5-12(18-21)14(24)16-1-4-22/h5-7,22H,1-4,8-9H2,(H,16,24). The number of hydrogen-bond acceptors (Lipinski definition) is 5. The normalized spacial score (nSPS) is 13.7. The van der Waals surface area contributed by atoms with Gasteiger partial charge in [-0.3, -0.25) is 19.0 Å². The number of rotatable bonds is 5. The second kappa shape index (κ2) is 7.02. The Balaban J connectivity index is 1.64. The molecule has 0 unspecified atom stereocenters. The van der Waals surface area contributed by atoms with E-state index in [2.05, 4.69) is 15.5 Å². The summed E-state index contributed by atoms with van der Waals surface area (Å²) < 4.78 is 3.22. The average Bonchev–Trinajstić information content (AvgIpc) is 3.17. The molecular weight excluding hydrogens is 336 g/mol. The van der Waals surface area contributed by atoms with Crippen LogP contribution in [0.3, 0.4) is 0 Å². The molecule has 3 heterocycles. The quantitative estimate of drug-likeness (QED) is 0.754. The molecule has 0 fully saturated rings. The summed E-state index contributed by atoms with van der Waals surface area (Å²) in [4.78, 5) is 25.9. The van der Waals surface area contributed by atoms with Gasteiger partial charge in [0.15, 0.2) is 5.69 Å². The number of carbonyl (C=O) groups excluding carboxylic acids is 2. The topological polar surface area (TPSA) is 105 Å². The first-order chi connectivity index (χ1) is 11.6. The molecule has 0 aliphatic carbocycles. The van der Waals surface area contributed by atoms with Crippen molar-refractivity contribution < 1.29 is 14.7 Å². The van der Waals surface area contributed by atoms with Crippen LogP contribution in [-0.4, -0.2) is 61.1 Å². The number of fused-ring (bicyclic) bond motifs is 1. The van der Waals surface area contributed by atoms with E-state index in [1.165, 1.54) is 10.9 Å². The fourth-order valence-corrected chi connectivity index (χ4v) is 2.67. The van der Waals surface area contributed by atoms with Gasteiger partial charge < -0.3 is 15.3 Å². The molecule has 0 radical (unpaired) electrons. The molecule has 0 bridgehead atoms. The molecule has 3 rings (SSSR count). The molecule has 128 valence electrons. The molecule has 2 aromatic heterocycles. The van der Waals surface area contributed by atoms with Gasteiger partial charge in [0.05, 0.1) is 36.6 Å². The maximum absolute atomic E-state index is 12.4. The summed E-state index contributed by atoms with van der Waals surface area (Å²) in [5.74, 6) is -0.413. The largest absolute Gasteiger partial charge is 0.395 e. The summed E-state index contributed by atoms with van der Waals surface area (Å²) >= 11 is 5.79. The molecule has 0 saturated carbocycles. The van der Waals surface area contributed by atoms with Crippen LogP contribution in [0.5, 0.6) is 0 Å². The molecular formula is C14H17ClN6O3. The first-order valence-electron chi connectivity index (χ1n) is 7.48. The zero-order valence-electron chi connectivity index (χ0n) is 12.9. The van der Waals surface area contributed by atoms with Gasteiger partial charge in [-0.2, -0.15) is 10.2 Å². The first kappa shape index (κ1) is 16.5. The van der Waals surface area contributed by atoms with Gasteiger partial charge in [0.2, 0.25) is 5.91 Å². The van der Waals surface area contributed by atoms with E-state index in [0.717, 1.165) is 5.69 Å². The molecule has 24 heavy (non-hydrogen) atoms. The van der Waals surface area contributed by atoms with Crippen molar-refractivity contribution in [2.45, 2.75) is 19.6 Å². The van der Waals surface area contributed by atoms with E-state index in [9.17, 15) is 9.59 Å². The maximum atomic E-state index is 12.4. The van der Waals surface area contributed by atoms with Crippen molar-refractivity contribution in [2.24, 2.45) is 0 Å². The highest BCUT2D eigenvalue weighted by Gasteiger charge is 2.24. The third kappa shape index (κ3) is 3.57. The van der Waals surface area contributed by atoms with Crippen LogP contribution in [0.4, 0.5) is 0 Å². The third-order valence-corrected chi connectivity index (χ3v) is 3.87. The van der Waals surface area contributed by atoms with Crippen molar-refractivity contribution in [3.05, 3.63) is 34.9 Å². The second-order valence-corrected chi connectivity index (χ2v) is 5.83. The van der Waals surface area contributed by atoms with Gasteiger partial charge in [-0.25, -0.2) is 0 Å². The third-order valence-electron chi connectivity index (χ3n) is 3.68. The van der Waals surface area contributed by atoms with E-state index in [-0.39, 0.29) is 37.2 Å². The molecule has 2 N–H and O–H groups in total. The van der Waals surface area contributed by atoms with Gasteiger partial charge in [0.25, 0.3) is 5.91 Å². The van der Waals surface area contributed by atoms with E-state index in [1.807, 2.05) is 0 Å². The SMILES string of the molecule is O=C(NCCO)c1cc2n(n1)CCN(C(=O)Cn1cc(Cl)cn1)C2. The zero-order chi connectivity index (χ0) is 17.1. The highest BCUT2D eigenvalue weighted by atomic mass is 35.5. The lowest BCUT2D eigenvalue weighted by atomic mass is 10.2. The van der Waals surface area contributed by atoms with E-state index >= 15 is 0 Å². The fourth-order valence-electron chi connectivity index (χ4n) is 2.51. The minimum atomic E-state index is -0.338. The molecule has 1 aliphatic rings. The smallest absolute Gasteiger partial charge is 0.271 e. The van der Waals surface area contributed by atoms with Crippen LogP contribution >= 0.6 is 11.6 Å². The van der Waals surface area contributed by atoms with E-state index in [4.69, 9.17) is 16.7 Å². The number of aliphatic hydroxyl groups excluding tert-OH is 1. The monoisotopic (exact) mass is 352 g/mol. The van der Waals surface area contributed by atoms with Gasteiger partial charge >= 0.3 is 0 Å². The van der Waals surface area contributed by atoms with Crippen LogP contribution in [0.1, 0.15) is 16.2 Å². The number of hydrogen-bond donors (Lipinski definition) is 2. The van der Waals surface area contributed by atoms with Crippen molar-refractivity contribution >= 4 is 23.4 Å². The number of carbonyl (C=O) groups is 2. The van der Waals surface area contributed by atoms with Gasteiger partial charge in [0, 0.05) is 19.3 Å². The lowest BCUT2D eigenvalue weighted by Gasteiger charge is -2.27. The maximum Gasteiger partial charge on any atom is 0.271 e. The number of aromatic nitrogens is 4. The Hall–Kier alpha value is -2.39. The molecule has 0 spiro atoms. The number of nitrogens with one attached hydrogen (secondary N) is 1. The van der Waals surface area contributed by atoms with Gasteiger partial charge in [-0.15, -0.1) is 0 Å². The van der Waals surface area contributed by atoms with Crippen molar-refractivity contribution in [1.29, 1.82) is 0 Å². The summed E-state index contributed by atoms with van der Waals surface area (Å²) in [5, 5.41) is 20.0. The van der Waals surface area contributed by atoms with Crippen LogP contribution < -0.4 is 5.32 Å². The summed E-state index contributed by atoms with van der Waals surface area (Å²) in [7, 11) is 0. The van der Waals surface area contributed by atoms with Crippen LogP contribution in [0.2, 0.25) is 5.02 Å². The average molecular weight is 353 g/mol. The zero-order valence-corrected chi connectivity index (χ0v) is 13.6. The number of halogens is 1. The minimum absolute atomic E-state index is 0.0755. The van der Waals surface area contributed by atoms with Crippen molar-refractivity contribution in [2.75, 3.05) is 19.7 Å². The van der Waals surface area contributed by atoms with Crippen LogP contribution in [-0.2, 0) is 24.4 Å². The fraction of sp³-hybridized carbons (Fsp3) is 0.429. The highest BCUT2D eigenvalue weighted by Crippen LogP contribution is 2.15. The first-order valence-corrected chi connectivity index (χ1v) is 7.86.